The summed E-state index contributed by atoms with van der Waals surface area (Å²) < 4.78 is 6.97. The number of hydrogen-bond acceptors (Lipinski definition) is 5. The molecule has 1 aliphatic carbocycles. The predicted molar refractivity (Wildman–Crippen MR) is 96.6 cm³/mol. The number of imidazole rings is 1. The summed E-state index contributed by atoms with van der Waals surface area (Å²) in [6, 6.07) is 0. The number of allylic oxidation sites excluding steroid dienone is 4. The molecule has 3 rings (SSSR count). The van der Waals surface area contributed by atoms with Crippen molar-refractivity contribution in [2.45, 2.75) is 52.3 Å². The summed E-state index contributed by atoms with van der Waals surface area (Å²) in [6.07, 6.45) is 6.61. The van der Waals surface area contributed by atoms with Gasteiger partial charge < -0.3 is 19.3 Å². The Morgan fingerprint density at radius 3 is 2.52 bits per heavy atom. The van der Waals surface area contributed by atoms with Crippen LogP contribution >= 0.6 is 0 Å². The first-order valence-electron chi connectivity index (χ1n) is 8.89. The molecule has 1 aliphatic heterocycles. The fourth-order valence-electron chi connectivity index (χ4n) is 3.11. The van der Waals surface area contributed by atoms with E-state index in [2.05, 4.69) is 4.98 Å². The zero-order valence-electron chi connectivity index (χ0n) is 15.7. The van der Waals surface area contributed by atoms with E-state index < -0.39 is 17.7 Å². The second kappa shape index (κ2) is 7.02. The molecule has 2 heterocycles. The minimum atomic E-state index is -1.22. The molecule has 8 nitrogen and oxygen atoms in total. The van der Waals surface area contributed by atoms with Crippen molar-refractivity contribution >= 4 is 17.8 Å². The lowest BCUT2D eigenvalue weighted by Gasteiger charge is -2.31. The van der Waals surface area contributed by atoms with E-state index in [9.17, 15) is 19.5 Å². The quantitative estimate of drug-likeness (QED) is 0.818. The van der Waals surface area contributed by atoms with E-state index >= 15 is 0 Å². The van der Waals surface area contributed by atoms with Gasteiger partial charge in [-0.1, -0.05) is 18.2 Å². The average molecular weight is 373 g/mol. The highest BCUT2D eigenvalue weighted by atomic mass is 16.6. The third-order valence-corrected chi connectivity index (χ3v) is 4.32. The molecule has 1 aromatic heterocycles. The molecule has 2 aliphatic rings. The van der Waals surface area contributed by atoms with E-state index in [4.69, 9.17) is 4.74 Å². The number of ether oxygens (including phenoxy) is 1. The Kier molecular flexibility index (Phi) is 4.91. The second-order valence-corrected chi connectivity index (χ2v) is 7.56. The highest BCUT2D eigenvalue weighted by Crippen LogP contribution is 2.24. The molecule has 0 saturated carbocycles. The Morgan fingerprint density at radius 2 is 1.93 bits per heavy atom. The van der Waals surface area contributed by atoms with E-state index in [0.717, 1.165) is 12.8 Å². The highest BCUT2D eigenvalue weighted by molar-refractivity contribution is 6.09. The summed E-state index contributed by atoms with van der Waals surface area (Å²) in [5.41, 5.74) is 0.00149. The van der Waals surface area contributed by atoms with Crippen molar-refractivity contribution < 1.29 is 24.2 Å². The van der Waals surface area contributed by atoms with Gasteiger partial charge in [-0.2, -0.15) is 0 Å². The standard InChI is InChI=1S/C19H23N3O5/c1-19(2,3)27-18(26)21-9-10-22-13(11-21)14(17(24)25)20-16(22)15(23)12-7-5-4-6-8-12/h5,7-8H,4,6,9-11H2,1-3H3,(H,24,25). The number of fused-ring (bicyclic) bond motifs is 1. The van der Waals surface area contributed by atoms with Crippen LogP contribution in [0.25, 0.3) is 0 Å². The minimum absolute atomic E-state index is 0.0334. The smallest absolute Gasteiger partial charge is 0.410 e. The highest BCUT2D eigenvalue weighted by Gasteiger charge is 2.33. The lowest BCUT2D eigenvalue weighted by atomic mass is 10.0. The molecule has 0 radical (unpaired) electrons. The van der Waals surface area contributed by atoms with Crippen LogP contribution in [-0.4, -0.2) is 49.5 Å². The van der Waals surface area contributed by atoms with Crippen molar-refractivity contribution in [2.24, 2.45) is 0 Å². The Balaban J connectivity index is 1.92. The van der Waals surface area contributed by atoms with Gasteiger partial charge in [-0.3, -0.25) is 4.79 Å². The molecular formula is C19H23N3O5. The van der Waals surface area contributed by atoms with Crippen molar-refractivity contribution in [3.8, 4) is 0 Å². The van der Waals surface area contributed by atoms with Crippen LogP contribution in [0.3, 0.4) is 0 Å². The summed E-state index contributed by atoms with van der Waals surface area (Å²) in [5, 5.41) is 9.51. The zero-order chi connectivity index (χ0) is 19.8. The molecule has 0 atom stereocenters. The summed E-state index contributed by atoms with van der Waals surface area (Å²) in [7, 11) is 0. The number of carboxylic acids is 1. The van der Waals surface area contributed by atoms with Crippen LogP contribution in [0.1, 0.15) is 60.4 Å². The van der Waals surface area contributed by atoms with Crippen molar-refractivity contribution in [2.75, 3.05) is 6.54 Å². The summed E-state index contributed by atoms with van der Waals surface area (Å²) >= 11 is 0. The maximum atomic E-state index is 12.8. The number of nitrogens with zero attached hydrogens (tertiary/aromatic N) is 3. The number of rotatable bonds is 3. The zero-order valence-corrected chi connectivity index (χ0v) is 15.7. The van der Waals surface area contributed by atoms with E-state index in [1.807, 2.05) is 12.2 Å². The molecule has 0 fully saturated rings. The van der Waals surface area contributed by atoms with Gasteiger partial charge in [0.25, 0.3) is 0 Å². The minimum Gasteiger partial charge on any atom is -0.476 e. The van der Waals surface area contributed by atoms with Gasteiger partial charge in [0.1, 0.15) is 5.60 Å². The van der Waals surface area contributed by atoms with Crippen LogP contribution in [0.15, 0.2) is 23.8 Å². The molecule has 1 N–H and O–H groups in total. The normalized spacial score (nSPS) is 16.6. The van der Waals surface area contributed by atoms with Crippen molar-refractivity contribution in [3.63, 3.8) is 0 Å². The molecule has 27 heavy (non-hydrogen) atoms. The molecule has 0 bridgehead atoms. The third kappa shape index (κ3) is 3.94. The van der Waals surface area contributed by atoms with Crippen LogP contribution in [0, 0.1) is 0 Å². The van der Waals surface area contributed by atoms with Crippen molar-refractivity contribution in [3.05, 3.63) is 41.0 Å². The van der Waals surface area contributed by atoms with Gasteiger partial charge in [0.05, 0.1) is 12.2 Å². The van der Waals surface area contributed by atoms with Crippen molar-refractivity contribution in [1.82, 2.24) is 14.5 Å². The van der Waals surface area contributed by atoms with E-state index in [1.165, 1.54) is 4.90 Å². The summed E-state index contributed by atoms with van der Waals surface area (Å²) in [5.74, 6) is -1.42. The molecule has 0 saturated heterocycles. The molecule has 144 valence electrons. The van der Waals surface area contributed by atoms with Crippen LogP contribution in [-0.2, 0) is 17.8 Å². The molecule has 8 heteroatoms. The van der Waals surface area contributed by atoms with Crippen LogP contribution in [0.2, 0.25) is 0 Å². The van der Waals surface area contributed by atoms with Gasteiger partial charge in [0.15, 0.2) is 11.5 Å². The number of aromatic carboxylic acids is 1. The summed E-state index contributed by atoms with van der Waals surface area (Å²) in [4.78, 5) is 42.3. The lowest BCUT2D eigenvalue weighted by molar-refractivity contribution is 0.0196. The van der Waals surface area contributed by atoms with Crippen molar-refractivity contribution in [1.29, 1.82) is 0 Å². The maximum Gasteiger partial charge on any atom is 0.410 e. The van der Waals surface area contributed by atoms with Gasteiger partial charge in [-0.05, 0) is 33.6 Å². The largest absolute Gasteiger partial charge is 0.476 e. The number of amides is 1. The molecule has 1 aromatic rings. The Labute approximate surface area is 157 Å². The third-order valence-electron chi connectivity index (χ3n) is 4.32. The van der Waals surface area contributed by atoms with E-state index in [-0.39, 0.29) is 30.4 Å². The first kappa shape index (κ1) is 18.9. The maximum absolute atomic E-state index is 12.8. The van der Waals surface area contributed by atoms with E-state index in [0.29, 0.717) is 17.8 Å². The number of ketones is 1. The van der Waals surface area contributed by atoms with Gasteiger partial charge in [0, 0.05) is 18.7 Å². The van der Waals surface area contributed by atoms with Gasteiger partial charge in [-0.15, -0.1) is 0 Å². The van der Waals surface area contributed by atoms with Crippen LogP contribution < -0.4 is 0 Å². The van der Waals surface area contributed by atoms with E-state index in [1.54, 1.807) is 31.4 Å². The number of hydrogen-bond donors (Lipinski definition) is 1. The fraction of sp³-hybridized carbons (Fsp3) is 0.474. The fourth-order valence-corrected chi connectivity index (χ4v) is 3.11. The number of carbonyl (C=O) groups excluding carboxylic acids is 2. The lowest BCUT2D eigenvalue weighted by Crippen LogP contribution is -2.42. The molecular weight excluding hydrogens is 350 g/mol. The predicted octanol–water partition coefficient (Wildman–Crippen LogP) is 2.79. The topological polar surface area (TPSA) is 102 Å². The van der Waals surface area contributed by atoms with Crippen LogP contribution in [0.5, 0.6) is 0 Å². The number of aromatic nitrogens is 2. The number of carbonyl (C=O) groups is 3. The summed E-state index contributed by atoms with van der Waals surface area (Å²) in [6.45, 7) is 5.93. The molecule has 0 aromatic carbocycles. The Bertz CT molecular complexity index is 857. The number of Topliss-reactive ketones (excluding diaryl/α,β-unsaturated/α-hetero) is 1. The first-order valence-corrected chi connectivity index (χ1v) is 8.89. The average Bonchev–Trinajstić information content (AvgIpc) is 2.99. The van der Waals surface area contributed by atoms with Gasteiger partial charge in [-0.25, -0.2) is 14.6 Å². The molecule has 0 unspecified atom stereocenters. The van der Waals surface area contributed by atoms with Gasteiger partial charge in [0.2, 0.25) is 5.78 Å². The van der Waals surface area contributed by atoms with Gasteiger partial charge >= 0.3 is 12.1 Å². The molecule has 1 amide bonds. The SMILES string of the molecule is CC(C)(C)OC(=O)N1CCn2c(C(=O)C3=CCCC=C3)nc(C(=O)O)c2C1. The molecule has 0 spiro atoms. The first-order chi connectivity index (χ1) is 12.7. The second-order valence-electron chi connectivity index (χ2n) is 7.56. The Morgan fingerprint density at radius 1 is 1.19 bits per heavy atom. The number of carboxylic acid groups (broad SMARTS) is 1. The Hall–Kier alpha value is -2.90. The monoisotopic (exact) mass is 373 g/mol. The van der Waals surface area contributed by atoms with Crippen LogP contribution in [0.4, 0.5) is 4.79 Å².